The summed E-state index contributed by atoms with van der Waals surface area (Å²) in [5.41, 5.74) is 4.77. The number of unbranched alkanes of at least 4 members (excludes halogenated alkanes) is 1. The molecule has 0 aromatic carbocycles. The fraction of sp³-hybridized carbons (Fsp3) is 0.714. The van der Waals surface area contributed by atoms with E-state index in [1.54, 1.807) is 0 Å². The van der Waals surface area contributed by atoms with Gasteiger partial charge in [0.25, 0.3) is 0 Å². The third-order valence-electron chi connectivity index (χ3n) is 6.65. The summed E-state index contributed by atoms with van der Waals surface area (Å²) in [5.74, 6) is 0. The Balaban J connectivity index is 2.24. The van der Waals surface area contributed by atoms with E-state index in [9.17, 15) is 5.11 Å². The zero-order valence-corrected chi connectivity index (χ0v) is 22.8. The number of ether oxygens (including phenoxy) is 1. The van der Waals surface area contributed by atoms with E-state index in [-0.39, 0.29) is 17.2 Å². The Hall–Kier alpha value is -0.903. The van der Waals surface area contributed by atoms with Crippen molar-refractivity contribution in [3.8, 4) is 0 Å². The molecule has 3 heteroatoms. The first-order chi connectivity index (χ1) is 14.4. The summed E-state index contributed by atoms with van der Waals surface area (Å²) in [6.45, 7) is 21.9. The average molecular weight is 447 g/mol. The van der Waals surface area contributed by atoms with Crippen molar-refractivity contribution in [3.05, 3.63) is 47.6 Å². The van der Waals surface area contributed by atoms with Crippen LogP contribution in [-0.2, 0) is 4.74 Å². The fourth-order valence-electron chi connectivity index (χ4n) is 4.25. The molecular weight excluding hydrogens is 396 g/mol. The van der Waals surface area contributed by atoms with Gasteiger partial charge in [-0.05, 0) is 91.5 Å². The first kappa shape index (κ1) is 28.1. The Kier molecular flexibility index (Phi) is 11.8. The topological polar surface area (TPSA) is 32.8 Å². The zero-order valence-electron chi connectivity index (χ0n) is 21.8. The minimum atomic E-state index is -1.40. The first-order valence-electron chi connectivity index (χ1n) is 12.3. The molecule has 1 saturated heterocycles. The van der Waals surface area contributed by atoms with E-state index in [4.69, 9.17) is 4.74 Å². The van der Waals surface area contributed by atoms with E-state index in [0.29, 0.717) is 6.10 Å². The van der Waals surface area contributed by atoms with Crippen molar-refractivity contribution in [2.45, 2.75) is 129 Å². The summed E-state index contributed by atoms with van der Waals surface area (Å²) in [4.78, 5) is 0. The maximum atomic E-state index is 10.6. The van der Waals surface area contributed by atoms with Crippen LogP contribution in [0.5, 0.6) is 0 Å². The van der Waals surface area contributed by atoms with Crippen molar-refractivity contribution in [1.29, 1.82) is 0 Å². The van der Waals surface area contributed by atoms with Gasteiger partial charge in [-0.1, -0.05) is 60.7 Å². The van der Waals surface area contributed by atoms with Crippen LogP contribution >= 0.6 is 0 Å². The van der Waals surface area contributed by atoms with Gasteiger partial charge in [0.05, 0.1) is 25.9 Å². The van der Waals surface area contributed by atoms with E-state index in [0.717, 1.165) is 51.4 Å². The molecule has 2 nitrogen and oxygen atoms in total. The monoisotopic (exact) mass is 446 g/mol. The molecule has 0 aromatic rings. The average Bonchev–Trinajstić information content (AvgIpc) is 3.28. The number of aliphatic hydroxyl groups is 1. The van der Waals surface area contributed by atoms with E-state index < -0.39 is 8.07 Å². The highest BCUT2D eigenvalue weighted by Crippen LogP contribution is 2.39. The molecule has 0 bridgehead atoms. The number of aliphatic hydroxyl groups excluding tert-OH is 1. The van der Waals surface area contributed by atoms with Crippen molar-refractivity contribution in [3.63, 3.8) is 0 Å². The molecule has 0 amide bonds. The Bertz CT molecular complexity index is 648. The molecule has 0 aromatic heterocycles. The van der Waals surface area contributed by atoms with Crippen molar-refractivity contribution in [2.24, 2.45) is 0 Å². The molecule has 0 radical (unpaired) electrons. The largest absolute Gasteiger partial charge is 0.393 e. The molecule has 1 N–H and O–H groups in total. The minimum absolute atomic E-state index is 0.119. The van der Waals surface area contributed by atoms with Gasteiger partial charge < -0.3 is 9.84 Å². The van der Waals surface area contributed by atoms with Crippen molar-refractivity contribution >= 4 is 8.07 Å². The molecule has 3 atom stereocenters. The molecule has 1 unspecified atom stereocenters. The van der Waals surface area contributed by atoms with Crippen LogP contribution in [0.4, 0.5) is 0 Å². The summed E-state index contributed by atoms with van der Waals surface area (Å²) >= 11 is 0. The highest BCUT2D eigenvalue weighted by Gasteiger charge is 2.46. The van der Waals surface area contributed by atoms with Crippen LogP contribution in [0.25, 0.3) is 0 Å². The van der Waals surface area contributed by atoms with E-state index in [1.165, 1.54) is 16.7 Å². The zero-order chi connectivity index (χ0) is 23.7. The van der Waals surface area contributed by atoms with E-state index >= 15 is 0 Å². The van der Waals surface area contributed by atoms with Gasteiger partial charge in [-0.15, -0.1) is 6.58 Å². The summed E-state index contributed by atoms with van der Waals surface area (Å²) in [5, 5.41) is 10.6. The summed E-state index contributed by atoms with van der Waals surface area (Å²) in [7, 11) is -1.40. The Morgan fingerprint density at radius 3 is 1.90 bits per heavy atom. The fourth-order valence-corrected chi connectivity index (χ4v) is 6.28. The molecule has 31 heavy (non-hydrogen) atoms. The molecule has 0 aliphatic carbocycles. The van der Waals surface area contributed by atoms with Crippen LogP contribution in [0.1, 0.15) is 86.0 Å². The standard InChI is InChI=1S/C28H50O2Si/c1-10-26(31(7,8)9)25(29)20-18-23(3)15-12-11-14-22(2)16-13-17-24(4)19-21-27-28(5,6)30-27/h10,14-15,17,25-27,29H,1,11-13,16,18-21H2,2-9H3/b22-14+,23-15+,24-17+/t25-,26+,27?/m1/s1. The highest BCUT2D eigenvalue weighted by atomic mass is 28.3. The molecule has 1 heterocycles. The number of allylic oxidation sites excluding steroid dienone is 6. The normalized spacial score (nSPS) is 21.7. The first-order valence-corrected chi connectivity index (χ1v) is 15.9. The summed E-state index contributed by atoms with van der Waals surface area (Å²) < 4.78 is 5.67. The molecule has 1 aliphatic heterocycles. The van der Waals surface area contributed by atoms with Gasteiger partial charge in [-0.2, -0.15) is 0 Å². The Labute approximate surface area is 194 Å². The van der Waals surface area contributed by atoms with Gasteiger partial charge in [-0.25, -0.2) is 0 Å². The third-order valence-corrected chi connectivity index (χ3v) is 9.27. The van der Waals surface area contributed by atoms with Gasteiger partial charge in [0.2, 0.25) is 0 Å². The predicted octanol–water partition coefficient (Wildman–Crippen LogP) is 8.38. The number of epoxide rings is 1. The van der Waals surface area contributed by atoms with Crippen molar-refractivity contribution < 1.29 is 9.84 Å². The second-order valence-corrected chi connectivity index (χ2v) is 16.6. The third kappa shape index (κ3) is 11.5. The maximum absolute atomic E-state index is 10.6. The van der Waals surface area contributed by atoms with Crippen LogP contribution in [0.2, 0.25) is 25.2 Å². The second kappa shape index (κ2) is 13.0. The number of hydrogen-bond acceptors (Lipinski definition) is 2. The maximum Gasteiger partial charge on any atom is 0.0892 e. The van der Waals surface area contributed by atoms with Gasteiger partial charge in [-0.3, -0.25) is 0 Å². The van der Waals surface area contributed by atoms with Crippen LogP contribution in [0.3, 0.4) is 0 Å². The van der Waals surface area contributed by atoms with Gasteiger partial charge in [0.15, 0.2) is 0 Å². The number of hydrogen-bond donors (Lipinski definition) is 1. The van der Waals surface area contributed by atoms with Gasteiger partial charge in [0, 0.05) is 0 Å². The van der Waals surface area contributed by atoms with Crippen LogP contribution in [0.15, 0.2) is 47.6 Å². The lowest BCUT2D eigenvalue weighted by molar-refractivity contribution is 0.166. The van der Waals surface area contributed by atoms with Crippen molar-refractivity contribution in [2.75, 3.05) is 0 Å². The number of rotatable bonds is 15. The van der Waals surface area contributed by atoms with Gasteiger partial charge in [0.1, 0.15) is 0 Å². The van der Waals surface area contributed by atoms with E-state index in [1.807, 2.05) is 6.08 Å². The molecule has 0 spiro atoms. The summed E-state index contributed by atoms with van der Waals surface area (Å²) in [6, 6.07) is 0. The lowest BCUT2D eigenvalue weighted by atomic mass is 10.0. The molecule has 0 saturated carbocycles. The van der Waals surface area contributed by atoms with E-state index in [2.05, 4.69) is 79.1 Å². The molecule has 178 valence electrons. The Morgan fingerprint density at radius 2 is 1.42 bits per heavy atom. The molecule has 1 fully saturated rings. The molecule has 1 rings (SSSR count). The second-order valence-electron chi connectivity index (χ2n) is 11.2. The SMILES string of the molecule is C=C[C@@H]([C@H](O)CC/C(C)=C/CC/C=C(\C)CC/C=C(\C)CCC1OC1(C)C)[Si](C)(C)C. The van der Waals surface area contributed by atoms with Gasteiger partial charge >= 0.3 is 0 Å². The molecular formula is C28H50O2Si. The lowest BCUT2D eigenvalue weighted by Crippen LogP contribution is -2.35. The predicted molar refractivity (Wildman–Crippen MR) is 140 cm³/mol. The van der Waals surface area contributed by atoms with Crippen LogP contribution in [0, 0.1) is 0 Å². The minimum Gasteiger partial charge on any atom is -0.393 e. The van der Waals surface area contributed by atoms with Crippen LogP contribution < -0.4 is 0 Å². The van der Waals surface area contributed by atoms with Crippen LogP contribution in [-0.4, -0.2) is 31.0 Å². The summed E-state index contributed by atoms with van der Waals surface area (Å²) in [6.07, 6.45) is 17.9. The molecule has 1 aliphatic rings. The smallest absolute Gasteiger partial charge is 0.0892 e. The van der Waals surface area contributed by atoms with Crippen molar-refractivity contribution in [1.82, 2.24) is 0 Å². The Morgan fingerprint density at radius 1 is 0.935 bits per heavy atom. The highest BCUT2D eigenvalue weighted by molar-refractivity contribution is 6.78. The lowest BCUT2D eigenvalue weighted by Gasteiger charge is -2.30. The quantitative estimate of drug-likeness (QED) is 0.119.